The number of benzene rings is 1. The van der Waals surface area contributed by atoms with Crippen molar-refractivity contribution in [2.75, 3.05) is 46.9 Å². The summed E-state index contributed by atoms with van der Waals surface area (Å²) in [6, 6.07) is 6.06. The Morgan fingerprint density at radius 3 is 2.65 bits per heavy atom. The van der Waals surface area contributed by atoms with Crippen LogP contribution in [0.25, 0.3) is 0 Å². The van der Waals surface area contributed by atoms with Crippen molar-refractivity contribution in [3.63, 3.8) is 0 Å². The Labute approximate surface area is 139 Å². The summed E-state index contributed by atoms with van der Waals surface area (Å²) in [5.41, 5.74) is 1.15. The summed E-state index contributed by atoms with van der Waals surface area (Å²) in [6.07, 6.45) is 2.28. The third-order valence-electron chi connectivity index (χ3n) is 4.12. The van der Waals surface area contributed by atoms with E-state index in [1.807, 2.05) is 19.2 Å². The van der Waals surface area contributed by atoms with Gasteiger partial charge in [0.1, 0.15) is 6.61 Å². The zero-order chi connectivity index (χ0) is 16.7. The highest BCUT2D eigenvalue weighted by Gasteiger charge is 2.12. The molecule has 0 spiro atoms. The molecule has 1 aliphatic rings. The maximum Gasteiger partial charge on any atom is 0.161 e. The van der Waals surface area contributed by atoms with Gasteiger partial charge in [-0.25, -0.2) is 0 Å². The lowest BCUT2D eigenvalue weighted by atomic mass is 10.2. The Morgan fingerprint density at radius 1 is 1.26 bits per heavy atom. The number of nitrogens with zero attached hydrogens (tertiary/aromatic N) is 2. The van der Waals surface area contributed by atoms with Gasteiger partial charge in [-0.05, 0) is 57.6 Å². The van der Waals surface area contributed by atoms with E-state index in [0.29, 0.717) is 13.2 Å². The Morgan fingerprint density at radius 2 is 2.00 bits per heavy atom. The maximum atomic E-state index is 9.44. The molecule has 0 amide bonds. The van der Waals surface area contributed by atoms with Crippen LogP contribution in [-0.4, -0.2) is 68.0 Å². The number of likely N-dealkylation sites (N-methyl/N-ethyl adjacent to an activating group) is 1. The number of methoxy groups -OCH3 is 1. The topological polar surface area (TPSA) is 45.2 Å². The minimum atomic E-state index is -0.324. The van der Waals surface area contributed by atoms with Crippen LogP contribution in [0.5, 0.6) is 11.5 Å². The van der Waals surface area contributed by atoms with E-state index in [1.54, 1.807) is 14.0 Å². The van der Waals surface area contributed by atoms with E-state index < -0.39 is 0 Å². The zero-order valence-electron chi connectivity index (χ0n) is 14.6. The molecule has 1 saturated heterocycles. The number of aliphatic hydroxyl groups excluding tert-OH is 1. The van der Waals surface area contributed by atoms with E-state index in [4.69, 9.17) is 9.47 Å². The molecule has 1 N–H and O–H groups in total. The van der Waals surface area contributed by atoms with E-state index in [9.17, 15) is 5.11 Å². The average molecular weight is 322 g/mol. The fraction of sp³-hybridized carbons (Fsp3) is 0.667. The fourth-order valence-corrected chi connectivity index (χ4v) is 3.05. The summed E-state index contributed by atoms with van der Waals surface area (Å²) >= 11 is 0. The Balaban J connectivity index is 1.87. The van der Waals surface area contributed by atoms with Gasteiger partial charge in [-0.1, -0.05) is 6.07 Å². The van der Waals surface area contributed by atoms with Crippen LogP contribution in [0.4, 0.5) is 0 Å². The lowest BCUT2D eigenvalue weighted by Gasteiger charge is -2.20. The van der Waals surface area contributed by atoms with E-state index in [-0.39, 0.29) is 6.10 Å². The molecule has 0 bridgehead atoms. The molecule has 2 rings (SSSR count). The van der Waals surface area contributed by atoms with Gasteiger partial charge in [0.05, 0.1) is 13.2 Å². The van der Waals surface area contributed by atoms with Gasteiger partial charge in [0.2, 0.25) is 0 Å². The van der Waals surface area contributed by atoms with Crippen LogP contribution in [0, 0.1) is 0 Å². The van der Waals surface area contributed by atoms with Crippen molar-refractivity contribution in [2.45, 2.75) is 32.4 Å². The molecule has 5 heteroatoms. The molecular weight excluding hydrogens is 292 g/mol. The van der Waals surface area contributed by atoms with Gasteiger partial charge in [-0.3, -0.25) is 9.80 Å². The quantitative estimate of drug-likeness (QED) is 0.753. The van der Waals surface area contributed by atoms with Crippen LogP contribution in [0.1, 0.15) is 25.3 Å². The van der Waals surface area contributed by atoms with Crippen molar-refractivity contribution in [3.05, 3.63) is 23.8 Å². The summed E-state index contributed by atoms with van der Waals surface area (Å²) in [5, 5.41) is 9.44. The first-order valence-corrected chi connectivity index (χ1v) is 8.47. The summed E-state index contributed by atoms with van der Waals surface area (Å²) in [4.78, 5) is 4.53. The third kappa shape index (κ3) is 6.01. The van der Waals surface area contributed by atoms with Crippen LogP contribution in [0.2, 0.25) is 0 Å². The molecule has 1 aromatic carbocycles. The molecular formula is C18H30N2O3. The summed E-state index contributed by atoms with van der Waals surface area (Å²) in [5.74, 6) is 1.57. The second kappa shape index (κ2) is 9.11. The van der Waals surface area contributed by atoms with E-state index in [1.165, 1.54) is 25.9 Å². The van der Waals surface area contributed by atoms with Gasteiger partial charge in [0.15, 0.2) is 11.5 Å². The minimum Gasteiger partial charge on any atom is -0.493 e. The standard InChI is InChI=1S/C18H30N2O3/c1-15(21)13-19(2)14-16-6-7-17(18(12-16)22-3)23-11-10-20-8-4-5-9-20/h6-7,12,15,21H,4-5,8-11,13-14H2,1-3H3. The summed E-state index contributed by atoms with van der Waals surface area (Å²) in [7, 11) is 3.67. The van der Waals surface area contributed by atoms with Gasteiger partial charge in [0.25, 0.3) is 0 Å². The maximum absolute atomic E-state index is 9.44. The van der Waals surface area contributed by atoms with Crippen LogP contribution in [0.3, 0.4) is 0 Å². The van der Waals surface area contributed by atoms with Gasteiger partial charge in [-0.15, -0.1) is 0 Å². The predicted octanol–water partition coefficient (Wildman–Crippen LogP) is 1.98. The predicted molar refractivity (Wildman–Crippen MR) is 92.2 cm³/mol. The fourth-order valence-electron chi connectivity index (χ4n) is 3.05. The molecule has 1 heterocycles. The monoisotopic (exact) mass is 322 g/mol. The summed E-state index contributed by atoms with van der Waals surface area (Å²) < 4.78 is 11.4. The number of ether oxygens (including phenoxy) is 2. The highest BCUT2D eigenvalue weighted by molar-refractivity contribution is 5.43. The minimum absolute atomic E-state index is 0.324. The van der Waals surface area contributed by atoms with Crippen molar-refractivity contribution < 1.29 is 14.6 Å². The van der Waals surface area contributed by atoms with Crippen molar-refractivity contribution in [2.24, 2.45) is 0 Å². The molecule has 1 atom stereocenters. The van der Waals surface area contributed by atoms with Crippen LogP contribution in [0.15, 0.2) is 18.2 Å². The lowest BCUT2D eigenvalue weighted by Crippen LogP contribution is -2.26. The smallest absolute Gasteiger partial charge is 0.161 e. The van der Waals surface area contributed by atoms with Gasteiger partial charge >= 0.3 is 0 Å². The van der Waals surface area contributed by atoms with E-state index in [2.05, 4.69) is 15.9 Å². The molecule has 1 unspecified atom stereocenters. The van der Waals surface area contributed by atoms with E-state index in [0.717, 1.165) is 30.2 Å². The normalized spacial score (nSPS) is 16.7. The number of hydrogen-bond acceptors (Lipinski definition) is 5. The first-order chi connectivity index (χ1) is 11.1. The molecule has 0 aliphatic carbocycles. The Hall–Kier alpha value is -1.30. The van der Waals surface area contributed by atoms with Crippen LogP contribution >= 0.6 is 0 Å². The molecule has 1 fully saturated rings. The largest absolute Gasteiger partial charge is 0.493 e. The van der Waals surface area contributed by atoms with E-state index >= 15 is 0 Å². The zero-order valence-corrected chi connectivity index (χ0v) is 14.6. The first kappa shape index (κ1) is 18.0. The second-order valence-electron chi connectivity index (χ2n) is 6.43. The highest BCUT2D eigenvalue weighted by atomic mass is 16.5. The van der Waals surface area contributed by atoms with Gasteiger partial charge in [-0.2, -0.15) is 0 Å². The molecule has 1 aliphatic heterocycles. The van der Waals surface area contributed by atoms with Crippen LogP contribution < -0.4 is 9.47 Å². The molecule has 0 aromatic heterocycles. The van der Waals surface area contributed by atoms with Crippen molar-refractivity contribution >= 4 is 0 Å². The Bertz CT molecular complexity index is 473. The molecule has 1 aromatic rings. The first-order valence-electron chi connectivity index (χ1n) is 8.47. The number of rotatable bonds is 9. The lowest BCUT2D eigenvalue weighted by molar-refractivity contribution is 0.138. The van der Waals surface area contributed by atoms with Crippen molar-refractivity contribution in [3.8, 4) is 11.5 Å². The average Bonchev–Trinajstić information content (AvgIpc) is 3.01. The number of aliphatic hydroxyl groups is 1. The molecule has 0 radical (unpaired) electrons. The SMILES string of the molecule is COc1cc(CN(C)CC(C)O)ccc1OCCN1CCCC1. The number of hydrogen-bond donors (Lipinski definition) is 1. The molecule has 130 valence electrons. The highest BCUT2D eigenvalue weighted by Crippen LogP contribution is 2.28. The molecule has 0 saturated carbocycles. The van der Waals surface area contributed by atoms with Crippen molar-refractivity contribution in [1.82, 2.24) is 9.80 Å². The summed E-state index contributed by atoms with van der Waals surface area (Å²) in [6.45, 7) is 7.27. The van der Waals surface area contributed by atoms with Gasteiger partial charge in [0, 0.05) is 19.6 Å². The Kier molecular flexibility index (Phi) is 7.15. The van der Waals surface area contributed by atoms with Crippen molar-refractivity contribution in [1.29, 1.82) is 0 Å². The van der Waals surface area contributed by atoms with Gasteiger partial charge < -0.3 is 14.6 Å². The molecule has 5 nitrogen and oxygen atoms in total. The number of likely N-dealkylation sites (tertiary alicyclic amines) is 1. The van der Waals surface area contributed by atoms with Crippen LogP contribution in [-0.2, 0) is 6.54 Å². The third-order valence-corrected chi connectivity index (χ3v) is 4.12. The molecule has 23 heavy (non-hydrogen) atoms. The second-order valence-corrected chi connectivity index (χ2v) is 6.43.